The lowest BCUT2D eigenvalue weighted by atomic mass is 10.1. The van der Waals surface area contributed by atoms with Gasteiger partial charge in [-0.25, -0.2) is 0 Å². The van der Waals surface area contributed by atoms with Crippen LogP contribution in [0.5, 0.6) is 5.75 Å². The zero-order valence-electron chi connectivity index (χ0n) is 10.6. The first kappa shape index (κ1) is 12.9. The van der Waals surface area contributed by atoms with Gasteiger partial charge in [-0.05, 0) is 18.6 Å². The molecule has 0 radical (unpaired) electrons. The molecule has 1 amide bonds. The fourth-order valence-corrected chi connectivity index (χ4v) is 2.16. The second-order valence-electron chi connectivity index (χ2n) is 4.51. The molecule has 1 aliphatic rings. The van der Waals surface area contributed by atoms with Crippen LogP contribution in [0.4, 0.5) is 5.69 Å². The minimum absolute atomic E-state index is 0.00935. The maximum atomic E-state index is 12.1. The molecule has 0 saturated carbocycles. The van der Waals surface area contributed by atoms with Crippen molar-refractivity contribution in [3.63, 3.8) is 0 Å². The summed E-state index contributed by atoms with van der Waals surface area (Å²) in [6.45, 7) is 2.76. The number of hydrogen-bond donors (Lipinski definition) is 1. The summed E-state index contributed by atoms with van der Waals surface area (Å²) in [5.74, 6) is 0.724. The van der Waals surface area contributed by atoms with Crippen LogP contribution < -0.4 is 9.64 Å². The maximum absolute atomic E-state index is 12.1. The van der Waals surface area contributed by atoms with E-state index in [0.29, 0.717) is 31.7 Å². The first-order chi connectivity index (χ1) is 8.72. The number of aliphatic hydroxyl groups is 1. The number of ether oxygens (including phenoxy) is 1. The van der Waals surface area contributed by atoms with E-state index >= 15 is 0 Å². The topological polar surface area (TPSA) is 49.8 Å². The lowest BCUT2D eigenvalue weighted by Gasteiger charge is -2.24. The Bertz CT molecular complexity index is 419. The summed E-state index contributed by atoms with van der Waals surface area (Å²) in [6.07, 6.45) is 1.48. The quantitative estimate of drug-likeness (QED) is 0.887. The lowest BCUT2D eigenvalue weighted by Crippen LogP contribution is -2.37. The third-order valence-electron chi connectivity index (χ3n) is 3.05. The Labute approximate surface area is 107 Å². The molecule has 2 rings (SSSR count). The number of nitrogens with zero attached hydrogens (tertiary/aromatic N) is 1. The van der Waals surface area contributed by atoms with E-state index in [1.54, 1.807) is 4.90 Å². The van der Waals surface area contributed by atoms with Crippen molar-refractivity contribution in [1.29, 1.82) is 0 Å². The fourth-order valence-electron chi connectivity index (χ4n) is 2.16. The largest absolute Gasteiger partial charge is 0.491 e. The third kappa shape index (κ3) is 2.82. The summed E-state index contributed by atoms with van der Waals surface area (Å²) >= 11 is 0. The molecule has 0 bridgehead atoms. The van der Waals surface area contributed by atoms with Crippen LogP contribution in [0.2, 0.25) is 0 Å². The molecule has 0 fully saturated rings. The third-order valence-corrected chi connectivity index (χ3v) is 3.05. The van der Waals surface area contributed by atoms with Crippen molar-refractivity contribution in [3.05, 3.63) is 24.3 Å². The van der Waals surface area contributed by atoms with Gasteiger partial charge < -0.3 is 14.7 Å². The standard InChI is InChI=1S/C14H19NO3/c1-2-5-11(16)10-15-12-6-3-4-7-13(12)18-9-8-14(15)17/h3-4,6-7,11,16H,2,5,8-10H2,1H3. The lowest BCUT2D eigenvalue weighted by molar-refractivity contribution is -0.119. The summed E-state index contributed by atoms with van der Waals surface area (Å²) in [4.78, 5) is 13.7. The first-order valence-electron chi connectivity index (χ1n) is 6.42. The molecule has 0 saturated heterocycles. The highest BCUT2D eigenvalue weighted by Crippen LogP contribution is 2.31. The van der Waals surface area contributed by atoms with Crippen LogP contribution in [-0.2, 0) is 4.79 Å². The zero-order valence-corrected chi connectivity index (χ0v) is 10.6. The second-order valence-corrected chi connectivity index (χ2v) is 4.51. The van der Waals surface area contributed by atoms with Gasteiger partial charge in [-0.15, -0.1) is 0 Å². The van der Waals surface area contributed by atoms with Gasteiger partial charge in [0, 0.05) is 0 Å². The summed E-state index contributed by atoms with van der Waals surface area (Å²) in [7, 11) is 0. The molecule has 98 valence electrons. The van der Waals surface area contributed by atoms with E-state index in [1.165, 1.54) is 0 Å². The minimum Gasteiger partial charge on any atom is -0.491 e. The zero-order chi connectivity index (χ0) is 13.0. The number of anilines is 1. The molecule has 1 atom stereocenters. The molecule has 4 heteroatoms. The second kappa shape index (κ2) is 5.87. The summed E-state index contributed by atoms with van der Waals surface area (Å²) in [6, 6.07) is 7.47. The van der Waals surface area contributed by atoms with Gasteiger partial charge in [0.15, 0.2) is 0 Å². The van der Waals surface area contributed by atoms with Gasteiger partial charge in [0.05, 0.1) is 31.4 Å². The van der Waals surface area contributed by atoms with E-state index in [-0.39, 0.29) is 5.91 Å². The van der Waals surface area contributed by atoms with Crippen molar-refractivity contribution >= 4 is 11.6 Å². The highest BCUT2D eigenvalue weighted by molar-refractivity contribution is 5.95. The molecule has 0 aromatic heterocycles. The van der Waals surface area contributed by atoms with E-state index in [2.05, 4.69) is 0 Å². The number of carbonyl (C=O) groups excluding carboxylic acids is 1. The number of β-amino-alcohol motifs (C(OH)–C–C–N with tert-alkyl or cyclic N) is 1. The molecule has 0 spiro atoms. The van der Waals surface area contributed by atoms with Gasteiger partial charge in [-0.3, -0.25) is 4.79 Å². The van der Waals surface area contributed by atoms with Crippen molar-refractivity contribution in [2.75, 3.05) is 18.1 Å². The van der Waals surface area contributed by atoms with E-state index < -0.39 is 6.10 Å². The molecule has 1 aromatic rings. The van der Waals surface area contributed by atoms with Crippen LogP contribution in [0.3, 0.4) is 0 Å². The Morgan fingerprint density at radius 2 is 2.22 bits per heavy atom. The number of para-hydroxylation sites is 2. The molecule has 1 N–H and O–H groups in total. The van der Waals surface area contributed by atoms with Crippen molar-refractivity contribution in [1.82, 2.24) is 0 Å². The van der Waals surface area contributed by atoms with Gasteiger partial charge in [0.2, 0.25) is 5.91 Å². The van der Waals surface area contributed by atoms with Crippen molar-refractivity contribution in [3.8, 4) is 5.75 Å². The molecule has 1 aromatic carbocycles. The number of amides is 1. The molecule has 1 heterocycles. The maximum Gasteiger partial charge on any atom is 0.230 e. The normalized spacial score (nSPS) is 16.8. The van der Waals surface area contributed by atoms with Crippen molar-refractivity contribution in [2.45, 2.75) is 32.3 Å². The molecular weight excluding hydrogens is 230 g/mol. The monoisotopic (exact) mass is 249 g/mol. The van der Waals surface area contributed by atoms with Gasteiger partial charge in [0.25, 0.3) is 0 Å². The Balaban J connectivity index is 2.22. The van der Waals surface area contributed by atoms with E-state index in [4.69, 9.17) is 4.74 Å². The Hall–Kier alpha value is -1.55. The highest BCUT2D eigenvalue weighted by atomic mass is 16.5. The van der Waals surface area contributed by atoms with Crippen LogP contribution in [0.15, 0.2) is 24.3 Å². The summed E-state index contributed by atoms with van der Waals surface area (Å²) in [5, 5.41) is 9.90. The molecule has 18 heavy (non-hydrogen) atoms. The fraction of sp³-hybridized carbons (Fsp3) is 0.500. The number of fused-ring (bicyclic) bond motifs is 1. The highest BCUT2D eigenvalue weighted by Gasteiger charge is 2.24. The van der Waals surface area contributed by atoms with Crippen LogP contribution in [0.25, 0.3) is 0 Å². The predicted molar refractivity (Wildman–Crippen MR) is 69.8 cm³/mol. The SMILES string of the molecule is CCCC(O)CN1C(=O)CCOc2ccccc21. The van der Waals surface area contributed by atoms with E-state index in [0.717, 1.165) is 12.1 Å². The molecule has 1 unspecified atom stereocenters. The summed E-state index contributed by atoms with van der Waals surface area (Å²) < 4.78 is 5.55. The number of hydrogen-bond acceptors (Lipinski definition) is 3. The van der Waals surface area contributed by atoms with Crippen LogP contribution >= 0.6 is 0 Å². The molecular formula is C14H19NO3. The van der Waals surface area contributed by atoms with Crippen molar-refractivity contribution in [2.24, 2.45) is 0 Å². The van der Waals surface area contributed by atoms with Gasteiger partial charge in [0.1, 0.15) is 5.75 Å². The number of carbonyl (C=O) groups is 1. The van der Waals surface area contributed by atoms with Crippen LogP contribution in [-0.4, -0.2) is 30.3 Å². The van der Waals surface area contributed by atoms with Crippen molar-refractivity contribution < 1.29 is 14.6 Å². The van der Waals surface area contributed by atoms with Crippen LogP contribution in [0, 0.1) is 0 Å². The Morgan fingerprint density at radius 1 is 1.44 bits per heavy atom. The molecule has 4 nitrogen and oxygen atoms in total. The van der Waals surface area contributed by atoms with E-state index in [1.807, 2.05) is 31.2 Å². The minimum atomic E-state index is -0.481. The van der Waals surface area contributed by atoms with Gasteiger partial charge in [-0.2, -0.15) is 0 Å². The molecule has 1 aliphatic heterocycles. The number of rotatable bonds is 4. The smallest absolute Gasteiger partial charge is 0.230 e. The Kier molecular flexibility index (Phi) is 4.20. The van der Waals surface area contributed by atoms with Gasteiger partial charge >= 0.3 is 0 Å². The average Bonchev–Trinajstić information content (AvgIpc) is 2.51. The average molecular weight is 249 g/mol. The predicted octanol–water partition coefficient (Wildman–Crippen LogP) is 1.96. The number of aliphatic hydroxyl groups excluding tert-OH is 1. The summed E-state index contributed by atoms with van der Waals surface area (Å²) in [5.41, 5.74) is 0.759. The molecule has 0 aliphatic carbocycles. The van der Waals surface area contributed by atoms with Gasteiger partial charge in [-0.1, -0.05) is 25.5 Å². The number of benzene rings is 1. The van der Waals surface area contributed by atoms with E-state index in [9.17, 15) is 9.90 Å². The Morgan fingerprint density at radius 3 is 3.00 bits per heavy atom. The first-order valence-corrected chi connectivity index (χ1v) is 6.42. The van der Waals surface area contributed by atoms with Crippen LogP contribution in [0.1, 0.15) is 26.2 Å².